The lowest BCUT2D eigenvalue weighted by Crippen LogP contribution is -1.97. The molecule has 0 aliphatic carbocycles. The monoisotopic (exact) mass is 500 g/mol. The second-order valence-electron chi connectivity index (χ2n) is 3.89. The van der Waals surface area contributed by atoms with Crippen LogP contribution in [0.2, 0.25) is 0 Å². The van der Waals surface area contributed by atoms with Gasteiger partial charge in [0.15, 0.2) is 0 Å². The van der Waals surface area contributed by atoms with Crippen molar-refractivity contribution in [1.29, 1.82) is 0 Å². The highest BCUT2D eigenvalue weighted by Crippen LogP contribution is 2.40. The van der Waals surface area contributed by atoms with Gasteiger partial charge in [-0.2, -0.15) is 0 Å². The fourth-order valence-electron chi connectivity index (χ4n) is 1.68. The van der Waals surface area contributed by atoms with Crippen molar-refractivity contribution >= 4 is 65.8 Å². The Morgan fingerprint density at radius 3 is 2.61 bits per heavy atom. The molecule has 0 N–H and O–H groups in total. The lowest BCUT2D eigenvalue weighted by atomic mass is 10.0. The zero-order chi connectivity index (χ0) is 13.3. The van der Waals surface area contributed by atoms with Crippen LogP contribution in [0.3, 0.4) is 0 Å². The molecular formula is C13H11Br2IOS. The van der Waals surface area contributed by atoms with E-state index in [0.29, 0.717) is 0 Å². The molecule has 1 nitrogen and oxygen atoms in total. The van der Waals surface area contributed by atoms with Crippen molar-refractivity contribution in [2.75, 3.05) is 7.11 Å². The summed E-state index contributed by atoms with van der Waals surface area (Å²) < 4.78 is 7.87. The molecule has 1 aromatic heterocycles. The Bertz CT molecular complexity index is 568. The molecule has 5 heteroatoms. The molecule has 2 aromatic rings. The molecule has 1 aromatic carbocycles. The third kappa shape index (κ3) is 3.11. The number of thiophene rings is 1. The maximum atomic E-state index is 5.48. The molecule has 0 saturated carbocycles. The average Bonchev–Trinajstić information content (AvgIpc) is 2.78. The van der Waals surface area contributed by atoms with Crippen LogP contribution < -0.4 is 4.74 Å². The maximum absolute atomic E-state index is 5.48. The van der Waals surface area contributed by atoms with E-state index >= 15 is 0 Å². The zero-order valence-corrected chi connectivity index (χ0v) is 16.0. The fraction of sp³-hybridized carbons (Fsp3) is 0.231. The highest BCUT2D eigenvalue weighted by atomic mass is 127. The topological polar surface area (TPSA) is 9.23 Å². The average molecular weight is 502 g/mol. The lowest BCUT2D eigenvalue weighted by molar-refractivity contribution is 0.410. The summed E-state index contributed by atoms with van der Waals surface area (Å²) in [6.45, 7) is 2.06. The standard InChI is InChI=1S/C13H11Br2IOS/c1-7-3-11(17-2)9(5-10(7)14)13(15)8-4-12(16)18-6-8/h3-6,13H,1-2H3. The van der Waals surface area contributed by atoms with Crippen LogP contribution in [-0.4, -0.2) is 7.11 Å². The minimum absolute atomic E-state index is 0.157. The Balaban J connectivity index is 2.46. The summed E-state index contributed by atoms with van der Waals surface area (Å²) in [4.78, 5) is 0.157. The largest absolute Gasteiger partial charge is 0.496 e. The first-order valence-electron chi connectivity index (χ1n) is 5.25. The van der Waals surface area contributed by atoms with Crippen molar-refractivity contribution in [3.05, 3.63) is 47.6 Å². The normalized spacial score (nSPS) is 12.5. The Kier molecular flexibility index (Phi) is 5.13. The third-order valence-electron chi connectivity index (χ3n) is 2.66. The molecule has 0 aliphatic rings. The molecule has 2 rings (SSSR count). The van der Waals surface area contributed by atoms with Gasteiger partial charge in [-0.25, -0.2) is 0 Å². The van der Waals surface area contributed by atoms with E-state index in [1.54, 1.807) is 18.4 Å². The Hall–Kier alpha value is 0.410. The van der Waals surface area contributed by atoms with E-state index < -0.39 is 0 Å². The molecule has 1 unspecified atom stereocenters. The second-order valence-corrected chi connectivity index (χ2v) is 8.47. The van der Waals surface area contributed by atoms with Crippen LogP contribution in [0, 0.1) is 9.81 Å². The van der Waals surface area contributed by atoms with Crippen LogP contribution in [0.4, 0.5) is 0 Å². The van der Waals surface area contributed by atoms with E-state index in [1.807, 2.05) is 0 Å². The molecule has 1 heterocycles. The molecule has 0 saturated heterocycles. The Morgan fingerprint density at radius 1 is 1.33 bits per heavy atom. The van der Waals surface area contributed by atoms with Gasteiger partial charge in [0.05, 0.1) is 14.8 Å². The molecule has 0 fully saturated rings. The first-order valence-corrected chi connectivity index (χ1v) is 8.91. The van der Waals surface area contributed by atoms with Gasteiger partial charge in [0, 0.05) is 10.0 Å². The van der Waals surface area contributed by atoms with Crippen LogP contribution in [-0.2, 0) is 0 Å². The number of benzene rings is 1. The molecule has 1 atom stereocenters. The van der Waals surface area contributed by atoms with E-state index in [2.05, 4.69) is 85.0 Å². The molecule has 96 valence electrons. The molecular weight excluding hydrogens is 491 g/mol. The van der Waals surface area contributed by atoms with Gasteiger partial charge in [-0.3, -0.25) is 0 Å². The minimum Gasteiger partial charge on any atom is -0.496 e. The summed E-state index contributed by atoms with van der Waals surface area (Å²) in [5.41, 5.74) is 3.58. The number of hydrogen-bond donors (Lipinski definition) is 0. The second kappa shape index (κ2) is 6.24. The van der Waals surface area contributed by atoms with Gasteiger partial charge < -0.3 is 4.74 Å². The Morgan fingerprint density at radius 2 is 2.06 bits per heavy atom. The van der Waals surface area contributed by atoms with Gasteiger partial charge in [-0.05, 0) is 64.2 Å². The lowest BCUT2D eigenvalue weighted by Gasteiger charge is -2.15. The summed E-state index contributed by atoms with van der Waals surface area (Å²) in [7, 11) is 1.71. The highest BCUT2D eigenvalue weighted by molar-refractivity contribution is 14.1. The summed E-state index contributed by atoms with van der Waals surface area (Å²) in [5.74, 6) is 0.916. The smallest absolute Gasteiger partial charge is 0.123 e. The predicted molar refractivity (Wildman–Crippen MR) is 93.2 cm³/mol. The summed E-state index contributed by atoms with van der Waals surface area (Å²) in [6.07, 6.45) is 0. The summed E-state index contributed by atoms with van der Waals surface area (Å²) >= 11 is 11.4. The number of alkyl halides is 1. The molecule has 0 amide bonds. The fourth-order valence-corrected chi connectivity index (χ4v) is 4.24. The number of ether oxygens (including phenoxy) is 1. The van der Waals surface area contributed by atoms with E-state index in [0.717, 1.165) is 15.8 Å². The third-order valence-corrected chi connectivity index (χ3v) is 6.35. The van der Waals surface area contributed by atoms with Crippen molar-refractivity contribution in [3.8, 4) is 5.75 Å². The first-order chi connectivity index (χ1) is 8.52. The van der Waals surface area contributed by atoms with Crippen molar-refractivity contribution in [2.24, 2.45) is 0 Å². The van der Waals surface area contributed by atoms with Gasteiger partial charge >= 0.3 is 0 Å². The molecule has 18 heavy (non-hydrogen) atoms. The van der Waals surface area contributed by atoms with E-state index in [1.165, 1.54) is 14.0 Å². The highest BCUT2D eigenvalue weighted by Gasteiger charge is 2.18. The van der Waals surface area contributed by atoms with Gasteiger partial charge in [0.2, 0.25) is 0 Å². The van der Waals surface area contributed by atoms with E-state index in [4.69, 9.17) is 4.74 Å². The molecule has 0 bridgehead atoms. The molecule has 0 aliphatic heterocycles. The van der Waals surface area contributed by atoms with Crippen LogP contribution in [0.25, 0.3) is 0 Å². The van der Waals surface area contributed by atoms with Crippen LogP contribution >= 0.6 is 65.8 Å². The van der Waals surface area contributed by atoms with Gasteiger partial charge in [-0.1, -0.05) is 31.9 Å². The maximum Gasteiger partial charge on any atom is 0.123 e. The van der Waals surface area contributed by atoms with Gasteiger partial charge in [-0.15, -0.1) is 11.3 Å². The van der Waals surface area contributed by atoms with E-state index in [9.17, 15) is 0 Å². The van der Waals surface area contributed by atoms with Crippen molar-refractivity contribution in [1.82, 2.24) is 0 Å². The predicted octanol–water partition coefficient (Wildman–Crippen LogP) is 5.92. The van der Waals surface area contributed by atoms with Crippen LogP contribution in [0.1, 0.15) is 21.5 Å². The SMILES string of the molecule is COc1cc(C)c(Br)cc1C(Br)c1csc(I)c1. The molecule has 0 radical (unpaired) electrons. The number of halogens is 3. The minimum atomic E-state index is 0.157. The van der Waals surface area contributed by atoms with Crippen molar-refractivity contribution < 1.29 is 4.74 Å². The van der Waals surface area contributed by atoms with Crippen molar-refractivity contribution in [3.63, 3.8) is 0 Å². The Labute approximate surface area is 141 Å². The van der Waals surface area contributed by atoms with Gasteiger partial charge in [0.25, 0.3) is 0 Å². The van der Waals surface area contributed by atoms with Crippen LogP contribution in [0.5, 0.6) is 5.75 Å². The number of hydrogen-bond acceptors (Lipinski definition) is 2. The molecule has 0 spiro atoms. The number of methoxy groups -OCH3 is 1. The summed E-state index contributed by atoms with van der Waals surface area (Å²) in [6, 6.07) is 6.38. The van der Waals surface area contributed by atoms with E-state index in [-0.39, 0.29) is 4.83 Å². The van der Waals surface area contributed by atoms with Crippen molar-refractivity contribution in [2.45, 2.75) is 11.8 Å². The zero-order valence-electron chi connectivity index (χ0n) is 9.84. The number of rotatable bonds is 3. The van der Waals surface area contributed by atoms with Gasteiger partial charge in [0.1, 0.15) is 5.75 Å². The number of aryl methyl sites for hydroxylation is 1. The quantitative estimate of drug-likeness (QED) is 0.375. The van der Waals surface area contributed by atoms with Crippen LogP contribution in [0.15, 0.2) is 28.1 Å². The first kappa shape index (κ1) is 14.8. The summed E-state index contributed by atoms with van der Waals surface area (Å²) in [5, 5.41) is 2.17.